The molecule has 2 aromatic heterocycles. The number of nitrogens with zero attached hydrogens (tertiary/aromatic N) is 3. The first kappa shape index (κ1) is 15.6. The van der Waals surface area contributed by atoms with Crippen molar-refractivity contribution in [3.63, 3.8) is 0 Å². The standard InChI is InChI=1S/C13H18N4O3S/c1-14-11(18)9-21-13-16-15-12(10-5-3-8-20-10)17(13)6-4-7-19-2/h3,5,8H,4,6-7,9H2,1-2H3,(H,14,18). The van der Waals surface area contributed by atoms with Crippen molar-refractivity contribution in [2.75, 3.05) is 26.5 Å². The first-order chi connectivity index (χ1) is 10.3. The summed E-state index contributed by atoms with van der Waals surface area (Å²) in [5, 5.41) is 11.6. The van der Waals surface area contributed by atoms with Gasteiger partial charge in [0.2, 0.25) is 5.91 Å². The zero-order valence-corrected chi connectivity index (χ0v) is 12.9. The molecule has 2 heterocycles. The van der Waals surface area contributed by atoms with Crippen LogP contribution >= 0.6 is 11.8 Å². The summed E-state index contributed by atoms with van der Waals surface area (Å²) in [6, 6.07) is 3.64. The maximum absolute atomic E-state index is 11.4. The molecule has 7 nitrogen and oxygen atoms in total. The van der Waals surface area contributed by atoms with Crippen molar-refractivity contribution in [3.8, 4) is 11.6 Å². The van der Waals surface area contributed by atoms with Gasteiger partial charge < -0.3 is 14.5 Å². The SMILES string of the molecule is CNC(=O)CSc1nnc(-c2ccco2)n1CCCOC. The Kier molecular flexibility index (Phi) is 5.82. The van der Waals surface area contributed by atoms with Crippen LogP contribution in [0.25, 0.3) is 11.6 Å². The van der Waals surface area contributed by atoms with Crippen LogP contribution in [0.5, 0.6) is 0 Å². The summed E-state index contributed by atoms with van der Waals surface area (Å²) in [6.07, 6.45) is 2.43. The minimum Gasteiger partial charge on any atom is -0.461 e. The van der Waals surface area contributed by atoms with E-state index in [1.54, 1.807) is 26.5 Å². The van der Waals surface area contributed by atoms with E-state index in [0.29, 0.717) is 35.6 Å². The van der Waals surface area contributed by atoms with Gasteiger partial charge in [-0.2, -0.15) is 0 Å². The average molecular weight is 310 g/mol. The van der Waals surface area contributed by atoms with E-state index in [0.717, 1.165) is 6.42 Å². The number of carbonyl (C=O) groups excluding carboxylic acids is 1. The molecule has 1 N–H and O–H groups in total. The monoisotopic (exact) mass is 310 g/mol. The fourth-order valence-electron chi connectivity index (χ4n) is 1.75. The van der Waals surface area contributed by atoms with Crippen molar-refractivity contribution in [3.05, 3.63) is 18.4 Å². The Morgan fingerprint density at radius 2 is 2.38 bits per heavy atom. The molecule has 0 saturated heterocycles. The largest absolute Gasteiger partial charge is 0.461 e. The zero-order chi connectivity index (χ0) is 15.1. The van der Waals surface area contributed by atoms with Crippen LogP contribution in [0.4, 0.5) is 0 Å². The van der Waals surface area contributed by atoms with E-state index in [4.69, 9.17) is 9.15 Å². The molecule has 0 aliphatic rings. The van der Waals surface area contributed by atoms with Crippen LogP contribution in [0.3, 0.4) is 0 Å². The molecule has 0 aliphatic heterocycles. The van der Waals surface area contributed by atoms with Crippen molar-refractivity contribution in [2.45, 2.75) is 18.1 Å². The molecule has 0 aliphatic carbocycles. The van der Waals surface area contributed by atoms with Crippen molar-refractivity contribution in [2.24, 2.45) is 0 Å². The Balaban J connectivity index is 2.17. The molecule has 2 aromatic rings. The number of ether oxygens (including phenoxy) is 1. The molecule has 1 amide bonds. The second kappa shape index (κ2) is 7.84. The molecule has 0 radical (unpaired) electrons. The van der Waals surface area contributed by atoms with Crippen LogP contribution in [0.2, 0.25) is 0 Å². The third kappa shape index (κ3) is 4.08. The summed E-state index contributed by atoms with van der Waals surface area (Å²) in [4.78, 5) is 11.4. The van der Waals surface area contributed by atoms with Crippen LogP contribution in [0, 0.1) is 0 Å². The third-order valence-electron chi connectivity index (χ3n) is 2.80. The Morgan fingerprint density at radius 1 is 1.52 bits per heavy atom. The van der Waals surface area contributed by atoms with E-state index in [9.17, 15) is 4.79 Å². The van der Waals surface area contributed by atoms with Crippen molar-refractivity contribution in [1.29, 1.82) is 0 Å². The lowest BCUT2D eigenvalue weighted by atomic mass is 10.4. The molecular weight excluding hydrogens is 292 g/mol. The van der Waals surface area contributed by atoms with Gasteiger partial charge in [0.15, 0.2) is 16.7 Å². The van der Waals surface area contributed by atoms with Gasteiger partial charge in [0.25, 0.3) is 0 Å². The molecule has 114 valence electrons. The van der Waals surface area contributed by atoms with E-state index >= 15 is 0 Å². The van der Waals surface area contributed by atoms with E-state index in [-0.39, 0.29) is 5.91 Å². The highest BCUT2D eigenvalue weighted by atomic mass is 32.2. The predicted molar refractivity (Wildman–Crippen MR) is 79.0 cm³/mol. The fraction of sp³-hybridized carbons (Fsp3) is 0.462. The van der Waals surface area contributed by atoms with Crippen LogP contribution in [-0.2, 0) is 16.1 Å². The molecule has 2 rings (SSSR count). The van der Waals surface area contributed by atoms with Crippen LogP contribution in [0.15, 0.2) is 28.0 Å². The molecule has 21 heavy (non-hydrogen) atoms. The number of nitrogens with one attached hydrogen (secondary N) is 1. The maximum Gasteiger partial charge on any atom is 0.230 e. The molecule has 0 unspecified atom stereocenters. The van der Waals surface area contributed by atoms with Gasteiger partial charge >= 0.3 is 0 Å². The lowest BCUT2D eigenvalue weighted by Crippen LogP contribution is -2.20. The summed E-state index contributed by atoms with van der Waals surface area (Å²) in [5.41, 5.74) is 0. The first-order valence-corrected chi connectivity index (χ1v) is 7.54. The van der Waals surface area contributed by atoms with Gasteiger partial charge in [-0.3, -0.25) is 9.36 Å². The summed E-state index contributed by atoms with van der Waals surface area (Å²) < 4.78 is 12.4. The summed E-state index contributed by atoms with van der Waals surface area (Å²) >= 11 is 1.35. The number of hydrogen-bond acceptors (Lipinski definition) is 6. The zero-order valence-electron chi connectivity index (χ0n) is 12.0. The minimum absolute atomic E-state index is 0.0500. The van der Waals surface area contributed by atoms with E-state index in [1.807, 2.05) is 10.6 Å². The molecule has 0 atom stereocenters. The number of methoxy groups -OCH3 is 1. The summed E-state index contributed by atoms with van der Waals surface area (Å²) in [5.74, 6) is 1.57. The molecule has 0 fully saturated rings. The molecule has 0 aromatic carbocycles. The van der Waals surface area contributed by atoms with E-state index < -0.39 is 0 Å². The smallest absolute Gasteiger partial charge is 0.230 e. The van der Waals surface area contributed by atoms with Crippen LogP contribution in [-0.4, -0.2) is 47.2 Å². The minimum atomic E-state index is -0.0500. The van der Waals surface area contributed by atoms with E-state index in [1.165, 1.54) is 11.8 Å². The maximum atomic E-state index is 11.4. The van der Waals surface area contributed by atoms with Gasteiger partial charge in [0.1, 0.15) is 0 Å². The third-order valence-corrected chi connectivity index (χ3v) is 3.77. The number of amides is 1. The molecule has 0 spiro atoms. The number of aromatic nitrogens is 3. The van der Waals surface area contributed by atoms with E-state index in [2.05, 4.69) is 15.5 Å². The average Bonchev–Trinajstić information content (AvgIpc) is 3.14. The number of carbonyl (C=O) groups is 1. The van der Waals surface area contributed by atoms with Crippen LogP contribution in [0.1, 0.15) is 6.42 Å². The lowest BCUT2D eigenvalue weighted by Gasteiger charge is -2.08. The molecule has 8 heteroatoms. The Labute approximate surface area is 127 Å². The second-order valence-corrected chi connectivity index (χ2v) is 5.19. The number of thioether (sulfide) groups is 1. The predicted octanol–water partition coefficient (Wildman–Crippen LogP) is 1.41. The highest BCUT2D eigenvalue weighted by Gasteiger charge is 2.16. The Hall–Kier alpha value is -1.80. The van der Waals surface area contributed by atoms with Crippen molar-refractivity contribution >= 4 is 17.7 Å². The lowest BCUT2D eigenvalue weighted by molar-refractivity contribution is -0.118. The van der Waals surface area contributed by atoms with Gasteiger partial charge in [-0.05, 0) is 18.6 Å². The van der Waals surface area contributed by atoms with Crippen molar-refractivity contribution < 1.29 is 13.9 Å². The summed E-state index contributed by atoms with van der Waals surface area (Å²) in [6.45, 7) is 1.35. The molecule has 0 saturated carbocycles. The van der Waals surface area contributed by atoms with Gasteiger partial charge in [-0.15, -0.1) is 10.2 Å². The molecular formula is C13H18N4O3S. The van der Waals surface area contributed by atoms with Crippen LogP contribution < -0.4 is 5.32 Å². The highest BCUT2D eigenvalue weighted by Crippen LogP contribution is 2.24. The topological polar surface area (TPSA) is 82.2 Å². The summed E-state index contributed by atoms with van der Waals surface area (Å²) in [7, 11) is 3.28. The fourth-order valence-corrected chi connectivity index (χ4v) is 2.59. The van der Waals surface area contributed by atoms with Crippen molar-refractivity contribution in [1.82, 2.24) is 20.1 Å². The normalized spacial score (nSPS) is 10.8. The first-order valence-electron chi connectivity index (χ1n) is 6.55. The van der Waals surface area contributed by atoms with Gasteiger partial charge in [0.05, 0.1) is 12.0 Å². The highest BCUT2D eigenvalue weighted by molar-refractivity contribution is 7.99. The number of rotatable bonds is 8. The Bertz CT molecular complexity index is 568. The Morgan fingerprint density at radius 3 is 3.05 bits per heavy atom. The number of furan rings is 1. The number of hydrogen-bond donors (Lipinski definition) is 1. The molecule has 0 bridgehead atoms. The quantitative estimate of drug-likeness (QED) is 0.586. The van der Waals surface area contributed by atoms with Gasteiger partial charge in [-0.25, -0.2) is 0 Å². The van der Waals surface area contributed by atoms with Gasteiger partial charge in [-0.1, -0.05) is 11.8 Å². The van der Waals surface area contributed by atoms with Gasteiger partial charge in [0, 0.05) is 27.3 Å². The second-order valence-electron chi connectivity index (χ2n) is 4.24.